The van der Waals surface area contributed by atoms with Gasteiger partial charge in [-0.2, -0.15) is 13.2 Å². The molecule has 0 aromatic carbocycles. The molecular formula is C25H24F4IN5O2S. The van der Waals surface area contributed by atoms with Crippen molar-refractivity contribution in [3.8, 4) is 0 Å². The van der Waals surface area contributed by atoms with E-state index in [-0.39, 0.29) is 41.2 Å². The van der Waals surface area contributed by atoms with Crippen molar-refractivity contribution in [2.75, 3.05) is 6.61 Å². The number of hydrogen-bond acceptors (Lipinski definition) is 5. The van der Waals surface area contributed by atoms with Crippen LogP contribution < -0.4 is 0 Å². The second-order valence-corrected chi connectivity index (χ2v) is 11.3. The Morgan fingerprint density at radius 2 is 1.95 bits per heavy atom. The third-order valence-electron chi connectivity index (χ3n) is 7.52. The van der Waals surface area contributed by atoms with Crippen LogP contribution in [0.5, 0.6) is 0 Å². The maximum Gasteiger partial charge on any atom is 0.417 e. The molecule has 2 atom stereocenters. The van der Waals surface area contributed by atoms with Gasteiger partial charge in [-0.05, 0) is 56.6 Å². The maximum absolute atomic E-state index is 14.1. The van der Waals surface area contributed by atoms with Crippen molar-refractivity contribution in [3.05, 3.63) is 53.4 Å². The number of aromatic nitrogens is 3. The molecule has 3 aromatic heterocycles. The summed E-state index contributed by atoms with van der Waals surface area (Å²) in [6.07, 6.45) is 2.25. The molecule has 3 saturated carbocycles. The van der Waals surface area contributed by atoms with Crippen LogP contribution in [0.3, 0.4) is 0 Å². The molecule has 3 fully saturated rings. The third kappa shape index (κ3) is 4.98. The summed E-state index contributed by atoms with van der Waals surface area (Å²) in [5.74, 6) is -2.30. The molecule has 0 radical (unpaired) electrons. The largest absolute Gasteiger partial charge is 0.466 e. The van der Waals surface area contributed by atoms with Gasteiger partial charge in [0.2, 0.25) is 0 Å². The number of carbonyl (C=O) groups is 1. The number of carbonyl (C=O) groups excluding carboxylic acids is 1. The fourth-order valence-electron chi connectivity index (χ4n) is 5.92. The highest BCUT2D eigenvalue weighted by Crippen LogP contribution is 2.51. The molecule has 2 unspecified atom stereocenters. The lowest BCUT2D eigenvalue weighted by molar-refractivity contribution is -0.156. The monoisotopic (exact) mass is 661 g/mol. The van der Waals surface area contributed by atoms with Crippen LogP contribution >= 0.6 is 30.3 Å². The summed E-state index contributed by atoms with van der Waals surface area (Å²) in [4.78, 5) is 24.5. The molecule has 0 spiro atoms. The zero-order valence-electron chi connectivity index (χ0n) is 20.2. The van der Waals surface area contributed by atoms with Gasteiger partial charge in [-0.25, -0.2) is 14.4 Å². The highest BCUT2D eigenvalue weighted by Gasteiger charge is 2.50. The SMILES string of the molecule is CCOC(=O)C1C2CCC(CC2)C1C(=NC(=N)c1cn(SI)c2ncc(F)cc12)c1cc(C(F)(F)F)c[nH]1. The van der Waals surface area contributed by atoms with Gasteiger partial charge in [0.05, 0.1) is 35.7 Å². The average Bonchev–Trinajstić information content (AvgIpc) is 3.53. The van der Waals surface area contributed by atoms with E-state index in [0.29, 0.717) is 11.0 Å². The number of alkyl halides is 3. The Balaban J connectivity index is 1.66. The highest BCUT2D eigenvalue weighted by atomic mass is 127. The van der Waals surface area contributed by atoms with Crippen molar-refractivity contribution in [2.24, 2.45) is 28.7 Å². The summed E-state index contributed by atoms with van der Waals surface area (Å²) >= 11 is 2.03. The molecular weight excluding hydrogens is 637 g/mol. The number of aromatic amines is 1. The fraction of sp³-hybridized carbons (Fsp3) is 0.440. The number of ether oxygens (including phenoxy) is 1. The summed E-state index contributed by atoms with van der Waals surface area (Å²) in [5.41, 5.74) is 0.160. The van der Waals surface area contributed by atoms with E-state index in [1.54, 1.807) is 17.1 Å². The Bertz CT molecular complexity index is 1410. The van der Waals surface area contributed by atoms with E-state index >= 15 is 0 Å². The molecule has 2 bridgehead atoms. The molecule has 6 rings (SSSR count). The number of pyridine rings is 1. The predicted octanol–water partition coefficient (Wildman–Crippen LogP) is 6.80. The molecule has 38 heavy (non-hydrogen) atoms. The van der Waals surface area contributed by atoms with E-state index in [2.05, 4.69) is 15.0 Å². The molecule has 13 heteroatoms. The van der Waals surface area contributed by atoms with Crippen molar-refractivity contribution in [3.63, 3.8) is 0 Å². The Hall–Kier alpha value is -2.42. The number of rotatable bonds is 6. The summed E-state index contributed by atoms with van der Waals surface area (Å²) in [5, 5.41) is 9.23. The van der Waals surface area contributed by atoms with Crippen LogP contribution in [0.4, 0.5) is 17.6 Å². The van der Waals surface area contributed by atoms with Crippen LogP contribution in [0.1, 0.15) is 49.4 Å². The van der Waals surface area contributed by atoms with Gasteiger partial charge in [-0.3, -0.25) is 14.2 Å². The number of aliphatic imine (C=N–C) groups is 1. The number of esters is 1. The number of nitrogens with one attached hydrogen (secondary N) is 2. The topological polar surface area (TPSA) is 96.1 Å². The predicted molar refractivity (Wildman–Crippen MR) is 145 cm³/mol. The molecule has 3 aromatic rings. The Morgan fingerprint density at radius 3 is 2.55 bits per heavy atom. The van der Waals surface area contributed by atoms with Crippen LogP contribution in [-0.4, -0.2) is 38.1 Å². The number of hydrogen-bond donors (Lipinski definition) is 2. The Labute approximate surface area is 232 Å². The number of H-pyrrole nitrogens is 1. The van der Waals surface area contributed by atoms with E-state index in [1.165, 1.54) is 15.2 Å². The molecule has 3 heterocycles. The summed E-state index contributed by atoms with van der Waals surface area (Å²) in [6, 6.07) is 2.23. The van der Waals surface area contributed by atoms with Crippen molar-refractivity contribution < 1.29 is 27.1 Å². The van der Waals surface area contributed by atoms with Crippen LogP contribution in [-0.2, 0) is 15.7 Å². The Kier molecular flexibility index (Phi) is 7.59. The molecule has 3 aliphatic carbocycles. The Morgan fingerprint density at radius 1 is 1.26 bits per heavy atom. The lowest BCUT2D eigenvalue weighted by Gasteiger charge is -2.47. The van der Waals surface area contributed by atoms with E-state index < -0.39 is 35.4 Å². The van der Waals surface area contributed by atoms with Gasteiger partial charge < -0.3 is 9.72 Å². The first-order chi connectivity index (χ1) is 18.1. The molecule has 2 N–H and O–H groups in total. The first-order valence-corrected chi connectivity index (χ1v) is 15.5. The molecule has 7 nitrogen and oxygen atoms in total. The second-order valence-electron chi connectivity index (χ2n) is 9.59. The lowest BCUT2D eigenvalue weighted by Crippen LogP contribution is -2.48. The van der Waals surface area contributed by atoms with Crippen LogP contribution in [0.25, 0.3) is 11.0 Å². The molecule has 0 aliphatic heterocycles. The molecule has 0 saturated heterocycles. The van der Waals surface area contributed by atoms with E-state index in [1.807, 2.05) is 21.2 Å². The van der Waals surface area contributed by atoms with Gasteiger partial charge in [0.15, 0.2) is 11.5 Å². The van der Waals surface area contributed by atoms with Gasteiger partial charge >= 0.3 is 12.1 Å². The summed E-state index contributed by atoms with van der Waals surface area (Å²) < 4.78 is 61.7. The zero-order chi connectivity index (χ0) is 27.2. The average molecular weight is 661 g/mol. The van der Waals surface area contributed by atoms with Crippen molar-refractivity contribution in [1.82, 2.24) is 13.9 Å². The number of nitrogens with zero attached hydrogens (tertiary/aromatic N) is 3. The number of halogens is 5. The number of amidine groups is 1. The first-order valence-electron chi connectivity index (χ1n) is 12.2. The van der Waals surface area contributed by atoms with Crippen LogP contribution in [0, 0.1) is 34.9 Å². The third-order valence-corrected chi connectivity index (χ3v) is 9.22. The summed E-state index contributed by atoms with van der Waals surface area (Å²) in [7, 11) is 1.28. The molecule has 202 valence electrons. The first kappa shape index (κ1) is 27.2. The maximum atomic E-state index is 14.1. The second kappa shape index (κ2) is 10.6. The minimum atomic E-state index is -4.58. The molecule has 3 aliphatic rings. The smallest absolute Gasteiger partial charge is 0.417 e. The van der Waals surface area contributed by atoms with Gasteiger partial charge in [0.25, 0.3) is 0 Å². The van der Waals surface area contributed by atoms with Gasteiger partial charge in [-0.1, -0.05) is 0 Å². The summed E-state index contributed by atoms with van der Waals surface area (Å²) in [6.45, 7) is 1.90. The minimum absolute atomic E-state index is 0.00366. The zero-order valence-corrected chi connectivity index (χ0v) is 23.2. The standard InChI is InChI=1S/C25H24F4IN5O2S/c1-2-37-24(36)20-13-5-3-12(4-6-13)19(20)21(18-7-14(9-32-18)25(27,28)29)34-22(31)17-11-35(38-30)23-16(17)8-15(26)10-33-23/h7-13,19-20,31-32H,2-6H2,1H3. The van der Waals surface area contributed by atoms with E-state index in [0.717, 1.165) is 44.1 Å². The van der Waals surface area contributed by atoms with Crippen LogP contribution in [0.2, 0.25) is 0 Å². The van der Waals surface area contributed by atoms with Crippen molar-refractivity contribution in [1.29, 1.82) is 5.41 Å². The van der Waals surface area contributed by atoms with E-state index in [4.69, 9.17) is 10.1 Å². The lowest BCUT2D eigenvalue weighted by atomic mass is 9.57. The minimum Gasteiger partial charge on any atom is -0.466 e. The van der Waals surface area contributed by atoms with Gasteiger partial charge in [-0.15, -0.1) is 0 Å². The highest BCUT2D eigenvalue weighted by molar-refractivity contribution is 14.2. The van der Waals surface area contributed by atoms with Crippen LogP contribution in [0.15, 0.2) is 35.7 Å². The van der Waals surface area contributed by atoms with Crippen molar-refractivity contribution in [2.45, 2.75) is 38.8 Å². The van der Waals surface area contributed by atoms with Gasteiger partial charge in [0, 0.05) is 59.6 Å². The number of fused-ring (bicyclic) bond motifs is 4. The van der Waals surface area contributed by atoms with Crippen molar-refractivity contribution >= 4 is 58.9 Å². The van der Waals surface area contributed by atoms with E-state index in [9.17, 15) is 22.4 Å². The molecule has 0 amide bonds. The van der Waals surface area contributed by atoms with Gasteiger partial charge in [0.1, 0.15) is 5.82 Å². The fourth-order valence-corrected chi connectivity index (χ4v) is 7.17. The normalized spacial score (nSPS) is 23.7. The quantitative estimate of drug-likeness (QED) is 0.1000.